The molecule has 4 heteroatoms. The average Bonchev–Trinajstić information content (AvgIpc) is 3.00. The summed E-state index contributed by atoms with van der Waals surface area (Å²) in [5.41, 5.74) is 4.17. The van der Waals surface area contributed by atoms with Gasteiger partial charge in [-0.3, -0.25) is 4.79 Å². The molecule has 1 aromatic heterocycles. The molecule has 0 spiro atoms. The van der Waals surface area contributed by atoms with Crippen molar-refractivity contribution in [1.29, 1.82) is 0 Å². The van der Waals surface area contributed by atoms with E-state index >= 15 is 0 Å². The van der Waals surface area contributed by atoms with E-state index in [1.165, 1.54) is 5.56 Å². The quantitative estimate of drug-likeness (QED) is 0.889. The third-order valence-corrected chi connectivity index (χ3v) is 4.37. The van der Waals surface area contributed by atoms with Gasteiger partial charge in [0.25, 0.3) is 5.56 Å². The molecular formula is C17H19N3O. The molecule has 0 aliphatic carbocycles. The van der Waals surface area contributed by atoms with Gasteiger partial charge < -0.3 is 15.2 Å². The van der Waals surface area contributed by atoms with Gasteiger partial charge in [0.2, 0.25) is 0 Å². The number of benzene rings is 1. The van der Waals surface area contributed by atoms with Crippen LogP contribution < -0.4 is 10.9 Å². The molecule has 1 aromatic carbocycles. The van der Waals surface area contributed by atoms with E-state index < -0.39 is 0 Å². The molecular weight excluding hydrogens is 262 g/mol. The van der Waals surface area contributed by atoms with Crippen LogP contribution in [0, 0.1) is 0 Å². The van der Waals surface area contributed by atoms with Crippen LogP contribution in [-0.2, 0) is 13.0 Å². The van der Waals surface area contributed by atoms with Crippen molar-refractivity contribution < 1.29 is 0 Å². The molecule has 0 amide bonds. The lowest BCUT2D eigenvalue weighted by Gasteiger charge is -2.20. The lowest BCUT2D eigenvalue weighted by Crippen LogP contribution is -2.22. The van der Waals surface area contributed by atoms with Gasteiger partial charge in [0, 0.05) is 30.6 Å². The maximum Gasteiger partial charge on any atom is 0.253 e. The molecule has 108 valence electrons. The minimum atomic E-state index is 0.0583. The zero-order valence-corrected chi connectivity index (χ0v) is 12.0. The van der Waals surface area contributed by atoms with Crippen LogP contribution in [0.1, 0.15) is 24.0 Å². The Bertz CT molecular complexity index is 775. The van der Waals surface area contributed by atoms with Crippen LogP contribution in [-0.4, -0.2) is 23.0 Å². The van der Waals surface area contributed by atoms with E-state index in [0.717, 1.165) is 61.1 Å². The molecule has 21 heavy (non-hydrogen) atoms. The van der Waals surface area contributed by atoms with Crippen LogP contribution in [0.3, 0.4) is 0 Å². The number of pyridine rings is 1. The molecule has 2 N–H and O–H groups in total. The van der Waals surface area contributed by atoms with E-state index in [1.807, 2.05) is 0 Å². The summed E-state index contributed by atoms with van der Waals surface area (Å²) in [5, 5.41) is 4.53. The summed E-state index contributed by atoms with van der Waals surface area (Å²) in [4.78, 5) is 17.6. The minimum Gasteiger partial charge on any atom is -0.384 e. The van der Waals surface area contributed by atoms with Crippen LogP contribution in [0.15, 0.2) is 35.3 Å². The van der Waals surface area contributed by atoms with Gasteiger partial charge in [-0.15, -0.1) is 0 Å². The lowest BCUT2D eigenvalue weighted by atomic mass is 10.0. The third kappa shape index (κ3) is 2.20. The lowest BCUT2D eigenvalue weighted by molar-refractivity contribution is 0.400. The van der Waals surface area contributed by atoms with Crippen molar-refractivity contribution in [2.24, 2.45) is 0 Å². The highest BCUT2D eigenvalue weighted by Gasteiger charge is 2.16. The van der Waals surface area contributed by atoms with Crippen LogP contribution in [0.5, 0.6) is 0 Å². The predicted molar refractivity (Wildman–Crippen MR) is 85.5 cm³/mol. The van der Waals surface area contributed by atoms with E-state index in [2.05, 4.69) is 45.7 Å². The van der Waals surface area contributed by atoms with Crippen LogP contribution in [0.25, 0.3) is 10.9 Å². The maximum absolute atomic E-state index is 12.2. The van der Waals surface area contributed by atoms with Crippen molar-refractivity contribution in [1.82, 2.24) is 9.88 Å². The summed E-state index contributed by atoms with van der Waals surface area (Å²) in [6.45, 7) is 2.94. The fraction of sp³-hybridized carbons (Fsp3) is 0.353. The first-order chi connectivity index (χ1) is 10.3. The number of H-pyrrole nitrogens is 1. The molecule has 0 radical (unpaired) electrons. The third-order valence-electron chi connectivity index (χ3n) is 4.37. The largest absolute Gasteiger partial charge is 0.384 e. The van der Waals surface area contributed by atoms with Gasteiger partial charge in [-0.25, -0.2) is 0 Å². The number of nitrogens with one attached hydrogen (secondary N) is 2. The molecule has 0 atom stereocenters. The Morgan fingerprint density at radius 1 is 1.29 bits per heavy atom. The highest BCUT2D eigenvalue weighted by molar-refractivity contribution is 5.93. The zero-order valence-electron chi connectivity index (χ0n) is 12.0. The fourth-order valence-electron chi connectivity index (χ4n) is 3.31. The first-order valence-corrected chi connectivity index (χ1v) is 7.64. The van der Waals surface area contributed by atoms with E-state index in [9.17, 15) is 4.79 Å². The van der Waals surface area contributed by atoms with E-state index in [0.29, 0.717) is 0 Å². The molecule has 2 aromatic rings. The van der Waals surface area contributed by atoms with Crippen molar-refractivity contribution in [3.8, 4) is 0 Å². The number of nitrogens with zero attached hydrogens (tertiary/aromatic N) is 1. The molecule has 2 aliphatic heterocycles. The van der Waals surface area contributed by atoms with Crippen molar-refractivity contribution >= 4 is 16.6 Å². The fourth-order valence-corrected chi connectivity index (χ4v) is 3.31. The number of hydrogen-bond acceptors (Lipinski definition) is 3. The second kappa shape index (κ2) is 4.95. The van der Waals surface area contributed by atoms with E-state index in [1.54, 1.807) is 0 Å². The number of anilines is 1. The Morgan fingerprint density at radius 2 is 2.24 bits per heavy atom. The van der Waals surface area contributed by atoms with Crippen LogP contribution in [0.4, 0.5) is 5.69 Å². The average molecular weight is 281 g/mol. The van der Waals surface area contributed by atoms with Gasteiger partial charge >= 0.3 is 0 Å². The first kappa shape index (κ1) is 12.5. The molecule has 0 fully saturated rings. The Labute approximate surface area is 123 Å². The Balaban J connectivity index is 1.77. The standard InChI is InChI=1S/C17H19N3O/c21-17-14-4-3-7-18-16(14)13-6-5-12(10-15(13)19-17)11-20-8-1-2-9-20/h1,5-6,8,10,18H,2-4,7,9,11H2,(H,19,21). The molecule has 0 unspecified atom stereocenters. The molecule has 0 saturated carbocycles. The second-order valence-corrected chi connectivity index (χ2v) is 5.86. The molecule has 0 saturated heterocycles. The maximum atomic E-state index is 12.2. The molecule has 4 nitrogen and oxygen atoms in total. The van der Waals surface area contributed by atoms with Gasteiger partial charge in [-0.05, 0) is 37.1 Å². The Kier molecular flexibility index (Phi) is 2.95. The van der Waals surface area contributed by atoms with Gasteiger partial charge in [0.1, 0.15) is 0 Å². The molecule has 3 heterocycles. The summed E-state index contributed by atoms with van der Waals surface area (Å²) < 4.78 is 0. The topological polar surface area (TPSA) is 48.1 Å². The van der Waals surface area contributed by atoms with Crippen LogP contribution >= 0.6 is 0 Å². The summed E-state index contributed by atoms with van der Waals surface area (Å²) >= 11 is 0. The van der Waals surface area contributed by atoms with E-state index in [4.69, 9.17) is 0 Å². The highest BCUT2D eigenvalue weighted by atomic mass is 16.1. The number of rotatable bonds is 2. The number of fused-ring (bicyclic) bond motifs is 3. The van der Waals surface area contributed by atoms with Gasteiger partial charge in [-0.2, -0.15) is 0 Å². The Morgan fingerprint density at radius 3 is 3.10 bits per heavy atom. The molecule has 4 rings (SSSR count). The normalized spacial score (nSPS) is 17.0. The summed E-state index contributed by atoms with van der Waals surface area (Å²) in [6, 6.07) is 6.42. The van der Waals surface area contributed by atoms with Gasteiger partial charge in [-0.1, -0.05) is 18.2 Å². The van der Waals surface area contributed by atoms with Crippen molar-refractivity contribution in [2.75, 3.05) is 18.4 Å². The summed E-state index contributed by atoms with van der Waals surface area (Å²) in [5.74, 6) is 0. The highest BCUT2D eigenvalue weighted by Crippen LogP contribution is 2.28. The monoisotopic (exact) mass is 281 g/mol. The SMILES string of the molecule is O=c1[nH]c2cc(CN3C=CCC3)ccc2c2c1CCCN2. The minimum absolute atomic E-state index is 0.0583. The first-order valence-electron chi connectivity index (χ1n) is 7.64. The predicted octanol–water partition coefficient (Wildman–Crippen LogP) is 2.61. The molecule has 2 aliphatic rings. The van der Waals surface area contributed by atoms with E-state index in [-0.39, 0.29) is 5.56 Å². The second-order valence-electron chi connectivity index (χ2n) is 5.86. The van der Waals surface area contributed by atoms with Crippen molar-refractivity contribution in [3.05, 3.63) is 52.0 Å². The van der Waals surface area contributed by atoms with Gasteiger partial charge in [0.15, 0.2) is 0 Å². The van der Waals surface area contributed by atoms with Gasteiger partial charge in [0.05, 0.1) is 11.2 Å². The van der Waals surface area contributed by atoms with Crippen molar-refractivity contribution in [3.63, 3.8) is 0 Å². The zero-order chi connectivity index (χ0) is 14.2. The Hall–Kier alpha value is -2.23. The summed E-state index contributed by atoms with van der Waals surface area (Å²) in [7, 11) is 0. The van der Waals surface area contributed by atoms with Crippen molar-refractivity contribution in [2.45, 2.75) is 25.8 Å². The number of aromatic amines is 1. The number of aromatic nitrogens is 1. The van der Waals surface area contributed by atoms with Crippen LogP contribution in [0.2, 0.25) is 0 Å². The number of hydrogen-bond donors (Lipinski definition) is 2. The summed E-state index contributed by atoms with van der Waals surface area (Å²) in [6.07, 6.45) is 7.38. The smallest absolute Gasteiger partial charge is 0.253 e. The molecule has 0 bridgehead atoms.